The molecule has 5 heteroatoms. The number of hydrogen-bond donors (Lipinski definition) is 1. The molecule has 0 heterocycles. The Kier molecular flexibility index (Phi) is 5.28. The Morgan fingerprint density at radius 2 is 1.82 bits per heavy atom. The van der Waals surface area contributed by atoms with E-state index in [1.807, 2.05) is 19.1 Å². The number of hydrogen-bond acceptors (Lipinski definition) is 4. The second-order valence-corrected chi connectivity index (χ2v) is 5.22. The average Bonchev–Trinajstić information content (AvgIpc) is 2.54. The van der Waals surface area contributed by atoms with Crippen molar-refractivity contribution in [2.45, 2.75) is 6.92 Å². The zero-order valence-corrected chi connectivity index (χ0v) is 13.5. The van der Waals surface area contributed by atoms with E-state index in [4.69, 9.17) is 21.1 Å². The molecule has 0 amide bonds. The molecule has 0 saturated carbocycles. The standard InChI is InChI=1S/C17H18ClNO3/c1-11-4-6-13(9-14(11)18)19-10-15(20)12-5-7-16(21-2)17(8-12)22-3/h4-9,19H,10H2,1-3H3. The van der Waals surface area contributed by atoms with Crippen LogP contribution < -0.4 is 14.8 Å². The van der Waals surface area contributed by atoms with Crippen LogP contribution in [0.25, 0.3) is 0 Å². The summed E-state index contributed by atoms with van der Waals surface area (Å²) in [5.41, 5.74) is 2.37. The Bertz CT molecular complexity index is 686. The van der Waals surface area contributed by atoms with Crippen LogP contribution in [0.2, 0.25) is 5.02 Å². The molecule has 2 aromatic rings. The summed E-state index contributed by atoms with van der Waals surface area (Å²) in [6.07, 6.45) is 0. The Morgan fingerprint density at radius 3 is 2.45 bits per heavy atom. The van der Waals surface area contributed by atoms with Gasteiger partial charge in [-0.3, -0.25) is 4.79 Å². The van der Waals surface area contributed by atoms with Crippen LogP contribution in [0.1, 0.15) is 15.9 Å². The van der Waals surface area contributed by atoms with Crippen LogP contribution in [0.15, 0.2) is 36.4 Å². The highest BCUT2D eigenvalue weighted by molar-refractivity contribution is 6.31. The summed E-state index contributed by atoms with van der Waals surface area (Å²) in [4.78, 5) is 12.2. The van der Waals surface area contributed by atoms with Crippen LogP contribution in [0.5, 0.6) is 11.5 Å². The molecule has 0 saturated heterocycles. The third kappa shape index (κ3) is 3.71. The number of carbonyl (C=O) groups excluding carboxylic acids is 1. The van der Waals surface area contributed by atoms with Gasteiger partial charge in [-0.05, 0) is 42.8 Å². The van der Waals surface area contributed by atoms with Crippen LogP contribution >= 0.6 is 11.6 Å². The van der Waals surface area contributed by atoms with Gasteiger partial charge in [-0.1, -0.05) is 17.7 Å². The largest absolute Gasteiger partial charge is 0.493 e. The highest BCUT2D eigenvalue weighted by Crippen LogP contribution is 2.27. The number of halogens is 1. The summed E-state index contributed by atoms with van der Waals surface area (Å²) < 4.78 is 10.4. The number of rotatable bonds is 6. The molecule has 22 heavy (non-hydrogen) atoms. The number of ether oxygens (including phenoxy) is 2. The van der Waals surface area contributed by atoms with Crippen molar-refractivity contribution in [3.05, 3.63) is 52.5 Å². The van der Waals surface area contributed by atoms with E-state index in [1.165, 1.54) is 0 Å². The highest BCUT2D eigenvalue weighted by Gasteiger charge is 2.10. The molecule has 2 aromatic carbocycles. The first-order chi connectivity index (χ1) is 10.5. The topological polar surface area (TPSA) is 47.6 Å². The predicted molar refractivity (Wildman–Crippen MR) is 88.6 cm³/mol. The Balaban J connectivity index is 2.07. The summed E-state index contributed by atoms with van der Waals surface area (Å²) >= 11 is 6.06. The van der Waals surface area contributed by atoms with E-state index in [0.29, 0.717) is 22.1 Å². The van der Waals surface area contributed by atoms with E-state index in [2.05, 4.69) is 5.32 Å². The summed E-state index contributed by atoms with van der Waals surface area (Å²) in [6, 6.07) is 10.7. The summed E-state index contributed by atoms with van der Waals surface area (Å²) in [7, 11) is 3.10. The third-order valence-corrected chi connectivity index (χ3v) is 3.74. The van der Waals surface area contributed by atoms with Gasteiger partial charge >= 0.3 is 0 Å². The smallest absolute Gasteiger partial charge is 0.181 e. The Hall–Kier alpha value is -2.20. The minimum atomic E-state index is -0.0438. The van der Waals surface area contributed by atoms with Crippen LogP contribution in [0.4, 0.5) is 5.69 Å². The van der Waals surface area contributed by atoms with Gasteiger partial charge in [-0.25, -0.2) is 0 Å². The van der Waals surface area contributed by atoms with Crippen LogP contribution in [-0.2, 0) is 0 Å². The maximum atomic E-state index is 12.2. The normalized spacial score (nSPS) is 10.2. The van der Waals surface area contributed by atoms with E-state index in [9.17, 15) is 4.79 Å². The number of benzene rings is 2. The molecule has 0 aliphatic rings. The van der Waals surface area contributed by atoms with E-state index >= 15 is 0 Å². The van der Waals surface area contributed by atoms with E-state index in [1.54, 1.807) is 38.5 Å². The molecule has 0 spiro atoms. The van der Waals surface area contributed by atoms with Crippen molar-refractivity contribution in [2.24, 2.45) is 0 Å². The molecule has 0 bridgehead atoms. The second-order valence-electron chi connectivity index (χ2n) is 4.81. The SMILES string of the molecule is COc1ccc(C(=O)CNc2ccc(C)c(Cl)c2)cc1OC. The number of methoxy groups -OCH3 is 2. The first kappa shape index (κ1) is 16.2. The van der Waals surface area contributed by atoms with Gasteiger partial charge in [-0.2, -0.15) is 0 Å². The molecule has 116 valence electrons. The van der Waals surface area contributed by atoms with Crippen molar-refractivity contribution in [2.75, 3.05) is 26.1 Å². The predicted octanol–water partition coefficient (Wildman–Crippen LogP) is 3.96. The molecule has 0 aliphatic carbocycles. The fraction of sp³-hybridized carbons (Fsp3) is 0.235. The van der Waals surface area contributed by atoms with Crippen molar-refractivity contribution in [1.29, 1.82) is 0 Å². The molecular formula is C17H18ClNO3. The molecule has 0 fully saturated rings. The lowest BCUT2D eigenvalue weighted by Gasteiger charge is -2.10. The van der Waals surface area contributed by atoms with Crippen molar-refractivity contribution in [3.63, 3.8) is 0 Å². The number of nitrogens with one attached hydrogen (secondary N) is 1. The van der Waals surface area contributed by atoms with Gasteiger partial charge in [0.15, 0.2) is 17.3 Å². The minimum Gasteiger partial charge on any atom is -0.493 e. The lowest BCUT2D eigenvalue weighted by atomic mass is 10.1. The molecule has 4 nitrogen and oxygen atoms in total. The number of anilines is 1. The molecule has 0 aromatic heterocycles. The van der Waals surface area contributed by atoms with E-state index in [-0.39, 0.29) is 12.3 Å². The average molecular weight is 320 g/mol. The van der Waals surface area contributed by atoms with Gasteiger partial charge in [0.25, 0.3) is 0 Å². The van der Waals surface area contributed by atoms with Gasteiger partial charge in [0.05, 0.1) is 20.8 Å². The summed E-state index contributed by atoms with van der Waals surface area (Å²) in [6.45, 7) is 2.11. The molecule has 0 unspecified atom stereocenters. The molecule has 0 aliphatic heterocycles. The van der Waals surface area contributed by atoms with E-state index < -0.39 is 0 Å². The Labute approximate surface area is 135 Å². The zero-order chi connectivity index (χ0) is 16.1. The number of aryl methyl sites for hydroxylation is 1. The Morgan fingerprint density at radius 1 is 1.09 bits per heavy atom. The second kappa shape index (κ2) is 7.18. The molecule has 1 N–H and O–H groups in total. The highest BCUT2D eigenvalue weighted by atomic mass is 35.5. The molecular weight excluding hydrogens is 302 g/mol. The maximum Gasteiger partial charge on any atom is 0.181 e. The van der Waals surface area contributed by atoms with Crippen molar-refractivity contribution in [1.82, 2.24) is 0 Å². The number of Topliss-reactive ketones (excluding diaryl/α,β-unsaturated/α-hetero) is 1. The fourth-order valence-corrected chi connectivity index (χ4v) is 2.18. The molecule has 0 radical (unpaired) electrons. The first-order valence-electron chi connectivity index (χ1n) is 6.80. The lowest BCUT2D eigenvalue weighted by molar-refractivity contribution is 0.101. The van der Waals surface area contributed by atoms with Gasteiger partial charge in [-0.15, -0.1) is 0 Å². The third-order valence-electron chi connectivity index (χ3n) is 3.33. The van der Waals surface area contributed by atoms with Crippen molar-refractivity contribution in [3.8, 4) is 11.5 Å². The number of carbonyl (C=O) groups is 1. The summed E-state index contributed by atoms with van der Waals surface area (Å²) in [5.74, 6) is 1.08. The van der Waals surface area contributed by atoms with Gasteiger partial charge in [0.1, 0.15) is 0 Å². The number of ketones is 1. The van der Waals surface area contributed by atoms with Gasteiger partial charge in [0, 0.05) is 16.3 Å². The molecule has 0 atom stereocenters. The zero-order valence-electron chi connectivity index (χ0n) is 12.8. The lowest BCUT2D eigenvalue weighted by Crippen LogP contribution is -2.14. The maximum absolute atomic E-state index is 12.2. The van der Waals surface area contributed by atoms with Crippen LogP contribution in [0, 0.1) is 6.92 Å². The molecule has 2 rings (SSSR count). The van der Waals surface area contributed by atoms with E-state index in [0.717, 1.165) is 11.3 Å². The quantitative estimate of drug-likeness (QED) is 0.819. The minimum absolute atomic E-state index is 0.0438. The van der Waals surface area contributed by atoms with Crippen LogP contribution in [0.3, 0.4) is 0 Å². The van der Waals surface area contributed by atoms with Gasteiger partial charge in [0.2, 0.25) is 0 Å². The van der Waals surface area contributed by atoms with Gasteiger partial charge < -0.3 is 14.8 Å². The monoisotopic (exact) mass is 319 g/mol. The van der Waals surface area contributed by atoms with Crippen molar-refractivity contribution >= 4 is 23.1 Å². The first-order valence-corrected chi connectivity index (χ1v) is 7.18. The summed E-state index contributed by atoms with van der Waals surface area (Å²) in [5, 5.41) is 3.74. The van der Waals surface area contributed by atoms with Crippen molar-refractivity contribution < 1.29 is 14.3 Å². The fourth-order valence-electron chi connectivity index (χ4n) is 2.00. The van der Waals surface area contributed by atoms with Crippen LogP contribution in [-0.4, -0.2) is 26.5 Å².